The van der Waals surface area contributed by atoms with E-state index in [0.717, 1.165) is 23.1 Å². The van der Waals surface area contributed by atoms with E-state index >= 15 is 0 Å². The van der Waals surface area contributed by atoms with Gasteiger partial charge in [-0.25, -0.2) is 23.4 Å². The number of thiazole rings is 1. The normalized spacial score (nSPS) is 13.8. The molecule has 0 fully saturated rings. The van der Waals surface area contributed by atoms with Gasteiger partial charge in [-0.2, -0.15) is 18.3 Å². The van der Waals surface area contributed by atoms with Gasteiger partial charge in [0, 0.05) is 41.4 Å². The SMILES string of the molecule is CN(Cc1cnc(-c2ccc(C(F)(F)F)cc2)s1)CC(O)(Cn1cncn1)c1ccc(F)cc1F. The van der Waals surface area contributed by atoms with Crippen LogP contribution in [0.2, 0.25) is 0 Å². The van der Waals surface area contributed by atoms with Crippen molar-refractivity contribution in [3.8, 4) is 10.6 Å². The lowest BCUT2D eigenvalue weighted by Gasteiger charge is -2.33. The van der Waals surface area contributed by atoms with Gasteiger partial charge < -0.3 is 5.11 Å². The Morgan fingerprint density at radius 2 is 1.83 bits per heavy atom. The first-order valence-electron chi connectivity index (χ1n) is 10.3. The maximum Gasteiger partial charge on any atom is 0.416 e. The molecule has 1 atom stereocenters. The molecule has 2 aromatic carbocycles. The third-order valence-electron chi connectivity index (χ3n) is 5.29. The first-order valence-corrected chi connectivity index (χ1v) is 11.2. The molecule has 1 N–H and O–H groups in total. The fraction of sp³-hybridized carbons (Fsp3) is 0.261. The lowest BCUT2D eigenvalue weighted by atomic mass is 9.92. The minimum Gasteiger partial charge on any atom is -0.382 e. The van der Waals surface area contributed by atoms with Crippen molar-refractivity contribution in [3.05, 3.63) is 89.0 Å². The lowest BCUT2D eigenvalue weighted by Crippen LogP contribution is -2.43. The summed E-state index contributed by atoms with van der Waals surface area (Å²) in [5.74, 6) is -1.65. The van der Waals surface area contributed by atoms with E-state index in [-0.39, 0.29) is 18.7 Å². The zero-order valence-corrected chi connectivity index (χ0v) is 19.2. The van der Waals surface area contributed by atoms with Crippen molar-refractivity contribution >= 4 is 11.3 Å². The number of benzene rings is 2. The molecule has 0 aliphatic rings. The molecule has 0 saturated carbocycles. The molecule has 1 unspecified atom stereocenters. The van der Waals surface area contributed by atoms with Crippen LogP contribution in [0.15, 0.2) is 61.3 Å². The van der Waals surface area contributed by atoms with Crippen molar-refractivity contribution in [1.82, 2.24) is 24.6 Å². The Balaban J connectivity index is 1.51. The molecule has 184 valence electrons. The predicted octanol–water partition coefficient (Wildman–Crippen LogP) is 4.72. The molecular weight excluding hydrogens is 489 g/mol. The van der Waals surface area contributed by atoms with Gasteiger partial charge in [0.05, 0.1) is 12.1 Å². The van der Waals surface area contributed by atoms with E-state index in [2.05, 4.69) is 15.1 Å². The summed E-state index contributed by atoms with van der Waals surface area (Å²) in [6.07, 6.45) is -0.150. The molecule has 0 amide bonds. The maximum absolute atomic E-state index is 14.6. The number of nitrogens with zero attached hydrogens (tertiary/aromatic N) is 5. The Bertz CT molecular complexity index is 1280. The molecule has 0 aliphatic carbocycles. The van der Waals surface area contributed by atoms with Crippen LogP contribution < -0.4 is 0 Å². The van der Waals surface area contributed by atoms with E-state index in [1.807, 2.05) is 0 Å². The first-order chi connectivity index (χ1) is 16.5. The van der Waals surface area contributed by atoms with Crippen LogP contribution in [0.4, 0.5) is 22.0 Å². The molecular formula is C23H20F5N5OS. The quantitative estimate of drug-likeness (QED) is 0.348. The highest BCUT2D eigenvalue weighted by Crippen LogP contribution is 2.33. The zero-order chi connectivity index (χ0) is 25.2. The molecule has 0 saturated heterocycles. The standard InChI is InChI=1S/C23H20F5N5OS/c1-32(10-18-9-30-21(35-18)15-2-4-16(5-3-15)23(26,27)28)11-22(34,12-33-14-29-13-31-33)19-7-6-17(24)8-20(19)25/h2-9,13-14,34H,10-12H2,1H3. The van der Waals surface area contributed by atoms with Crippen LogP contribution >= 0.6 is 11.3 Å². The van der Waals surface area contributed by atoms with Gasteiger partial charge in [-0.05, 0) is 25.2 Å². The summed E-state index contributed by atoms with van der Waals surface area (Å²) >= 11 is 1.29. The van der Waals surface area contributed by atoms with E-state index < -0.39 is 29.0 Å². The van der Waals surface area contributed by atoms with E-state index in [1.54, 1.807) is 18.1 Å². The number of hydrogen-bond acceptors (Lipinski definition) is 6. The Kier molecular flexibility index (Phi) is 6.97. The minimum atomic E-state index is -4.41. The van der Waals surface area contributed by atoms with Gasteiger partial charge in [0.25, 0.3) is 0 Å². The molecule has 6 nitrogen and oxygen atoms in total. The molecule has 0 aliphatic heterocycles. The van der Waals surface area contributed by atoms with Gasteiger partial charge in [0.2, 0.25) is 0 Å². The monoisotopic (exact) mass is 509 g/mol. The summed E-state index contributed by atoms with van der Waals surface area (Å²) in [6.45, 7) is 0.156. The smallest absolute Gasteiger partial charge is 0.382 e. The molecule has 4 rings (SSSR count). The number of hydrogen-bond donors (Lipinski definition) is 1. The third kappa shape index (κ3) is 5.89. The average Bonchev–Trinajstić information content (AvgIpc) is 3.45. The van der Waals surface area contributed by atoms with Crippen molar-refractivity contribution in [1.29, 1.82) is 0 Å². The largest absolute Gasteiger partial charge is 0.416 e. The second kappa shape index (κ2) is 9.80. The van der Waals surface area contributed by atoms with Crippen molar-refractivity contribution in [3.63, 3.8) is 0 Å². The fourth-order valence-corrected chi connectivity index (χ4v) is 4.75. The van der Waals surface area contributed by atoms with Gasteiger partial charge >= 0.3 is 6.18 Å². The van der Waals surface area contributed by atoms with E-state index in [9.17, 15) is 27.1 Å². The number of halogens is 5. The topological polar surface area (TPSA) is 67.1 Å². The van der Waals surface area contributed by atoms with Crippen molar-refractivity contribution in [2.45, 2.75) is 24.9 Å². The number of aliphatic hydroxyl groups is 1. The number of alkyl halides is 3. The Hall–Kier alpha value is -3.22. The van der Waals surface area contributed by atoms with E-state index in [1.165, 1.54) is 46.9 Å². The third-order valence-corrected chi connectivity index (χ3v) is 6.32. The summed E-state index contributed by atoms with van der Waals surface area (Å²) in [4.78, 5) is 10.7. The Morgan fingerprint density at radius 3 is 2.46 bits per heavy atom. The molecule has 0 spiro atoms. The van der Waals surface area contributed by atoms with Crippen molar-refractivity contribution < 1.29 is 27.1 Å². The Morgan fingerprint density at radius 1 is 1.09 bits per heavy atom. The van der Waals surface area contributed by atoms with Gasteiger partial charge in [0.15, 0.2) is 0 Å². The first kappa shape index (κ1) is 24.9. The molecule has 2 heterocycles. The molecule has 0 bridgehead atoms. The van der Waals surface area contributed by atoms with E-state index in [4.69, 9.17) is 0 Å². The van der Waals surface area contributed by atoms with Gasteiger partial charge in [-0.1, -0.05) is 18.2 Å². The van der Waals surface area contributed by atoms with Crippen LogP contribution in [-0.2, 0) is 24.9 Å². The minimum absolute atomic E-state index is 0.0388. The summed E-state index contributed by atoms with van der Waals surface area (Å²) in [7, 11) is 1.71. The van der Waals surface area contributed by atoms with Crippen LogP contribution in [0.3, 0.4) is 0 Å². The predicted molar refractivity (Wildman–Crippen MR) is 119 cm³/mol. The zero-order valence-electron chi connectivity index (χ0n) is 18.4. The molecule has 12 heteroatoms. The average molecular weight is 510 g/mol. The Labute approximate surface area is 201 Å². The summed E-state index contributed by atoms with van der Waals surface area (Å²) in [5, 5.41) is 16.0. The molecule has 0 radical (unpaired) electrons. The highest BCUT2D eigenvalue weighted by molar-refractivity contribution is 7.15. The van der Waals surface area contributed by atoms with Crippen LogP contribution in [0.1, 0.15) is 16.0 Å². The molecule has 35 heavy (non-hydrogen) atoms. The van der Waals surface area contributed by atoms with Crippen LogP contribution in [-0.4, -0.2) is 43.3 Å². The summed E-state index contributed by atoms with van der Waals surface area (Å²) in [5.41, 5.74) is -2.04. The summed E-state index contributed by atoms with van der Waals surface area (Å²) < 4.78 is 67.8. The van der Waals surface area contributed by atoms with Gasteiger partial charge in [-0.15, -0.1) is 11.3 Å². The molecule has 2 aromatic heterocycles. The van der Waals surface area contributed by atoms with Gasteiger partial charge in [0.1, 0.15) is 34.9 Å². The van der Waals surface area contributed by atoms with Gasteiger partial charge in [-0.3, -0.25) is 4.90 Å². The van der Waals surface area contributed by atoms with Crippen LogP contribution in [0, 0.1) is 11.6 Å². The second-order valence-corrected chi connectivity index (χ2v) is 9.24. The highest BCUT2D eigenvalue weighted by atomic mass is 32.1. The second-order valence-electron chi connectivity index (χ2n) is 8.13. The number of rotatable bonds is 8. The fourth-order valence-electron chi connectivity index (χ4n) is 3.75. The van der Waals surface area contributed by atoms with Crippen molar-refractivity contribution in [2.24, 2.45) is 0 Å². The van der Waals surface area contributed by atoms with Crippen LogP contribution in [0.5, 0.6) is 0 Å². The van der Waals surface area contributed by atoms with E-state index in [0.29, 0.717) is 23.2 Å². The van der Waals surface area contributed by atoms with Crippen molar-refractivity contribution in [2.75, 3.05) is 13.6 Å². The lowest BCUT2D eigenvalue weighted by molar-refractivity contribution is -0.137. The van der Waals surface area contributed by atoms with Crippen LogP contribution in [0.25, 0.3) is 10.6 Å². The summed E-state index contributed by atoms with van der Waals surface area (Å²) in [6, 6.07) is 7.72. The molecule has 4 aromatic rings. The highest BCUT2D eigenvalue weighted by Gasteiger charge is 2.35. The number of likely N-dealkylation sites (N-methyl/N-ethyl adjacent to an activating group) is 1. The number of aromatic nitrogens is 4. The maximum atomic E-state index is 14.6.